The van der Waals surface area contributed by atoms with Gasteiger partial charge in [-0.25, -0.2) is 0 Å². The van der Waals surface area contributed by atoms with Crippen LogP contribution in [0.25, 0.3) is 0 Å². The van der Waals surface area contributed by atoms with Gasteiger partial charge in [0.05, 0.1) is 11.7 Å². The van der Waals surface area contributed by atoms with Crippen molar-refractivity contribution < 1.29 is 9.84 Å². The van der Waals surface area contributed by atoms with Crippen molar-refractivity contribution in [1.29, 1.82) is 0 Å². The second-order valence-electron chi connectivity index (χ2n) is 7.33. The highest BCUT2D eigenvalue weighted by atomic mass is 16.5. The fourth-order valence-corrected chi connectivity index (χ4v) is 4.68. The first-order chi connectivity index (χ1) is 9.22. The molecule has 1 saturated heterocycles. The van der Waals surface area contributed by atoms with Crippen LogP contribution in [0.3, 0.4) is 0 Å². The van der Waals surface area contributed by atoms with Crippen molar-refractivity contribution in [2.75, 3.05) is 6.61 Å². The Morgan fingerprint density at radius 2 is 2.00 bits per heavy atom. The van der Waals surface area contributed by atoms with Crippen molar-refractivity contribution in [1.82, 2.24) is 0 Å². The zero-order valence-electron chi connectivity index (χ0n) is 12.4. The van der Waals surface area contributed by atoms with Crippen LogP contribution in [0.4, 0.5) is 0 Å². The van der Waals surface area contributed by atoms with Gasteiger partial charge in [0.1, 0.15) is 0 Å². The molecule has 0 aromatic heterocycles. The average Bonchev–Trinajstić information content (AvgIpc) is 2.45. The molecule has 1 aliphatic heterocycles. The normalized spacial score (nSPS) is 39.8. The minimum absolute atomic E-state index is 0.0595. The van der Waals surface area contributed by atoms with Gasteiger partial charge in [0, 0.05) is 6.61 Å². The Bertz CT molecular complexity index is 298. The summed E-state index contributed by atoms with van der Waals surface area (Å²) in [5, 5.41) is 10.8. The van der Waals surface area contributed by atoms with Crippen LogP contribution < -0.4 is 0 Å². The lowest BCUT2D eigenvalue weighted by molar-refractivity contribution is -0.162. The molecule has 0 amide bonds. The van der Waals surface area contributed by atoms with Gasteiger partial charge in [0.15, 0.2) is 0 Å². The van der Waals surface area contributed by atoms with Crippen LogP contribution in [0, 0.1) is 17.8 Å². The summed E-state index contributed by atoms with van der Waals surface area (Å²) in [5.74, 6) is 1.94. The Kier molecular flexibility index (Phi) is 4.19. The molecule has 2 nitrogen and oxygen atoms in total. The molecule has 2 aliphatic carbocycles. The fourth-order valence-electron chi connectivity index (χ4n) is 4.68. The molecule has 3 aliphatic rings. The Labute approximate surface area is 117 Å². The maximum atomic E-state index is 10.8. The highest BCUT2D eigenvalue weighted by Crippen LogP contribution is 2.47. The Hall–Kier alpha value is -0.0800. The van der Waals surface area contributed by atoms with Crippen LogP contribution in [0.2, 0.25) is 0 Å². The van der Waals surface area contributed by atoms with Crippen molar-refractivity contribution in [3.05, 3.63) is 0 Å². The van der Waals surface area contributed by atoms with Crippen LogP contribution >= 0.6 is 0 Å². The lowest BCUT2D eigenvalue weighted by atomic mass is 9.67. The van der Waals surface area contributed by atoms with E-state index < -0.39 is 0 Å². The van der Waals surface area contributed by atoms with E-state index in [4.69, 9.17) is 4.74 Å². The van der Waals surface area contributed by atoms with Crippen LogP contribution in [-0.4, -0.2) is 23.4 Å². The minimum atomic E-state index is -0.0595. The van der Waals surface area contributed by atoms with E-state index in [2.05, 4.69) is 6.92 Å². The molecule has 2 saturated carbocycles. The van der Waals surface area contributed by atoms with E-state index in [0.717, 1.165) is 25.4 Å². The maximum Gasteiger partial charge on any atom is 0.0686 e. The quantitative estimate of drug-likeness (QED) is 0.839. The number of rotatable bonds is 3. The molecule has 3 rings (SSSR count). The molecule has 0 radical (unpaired) electrons. The topological polar surface area (TPSA) is 29.5 Å². The summed E-state index contributed by atoms with van der Waals surface area (Å²) < 4.78 is 6.00. The predicted molar refractivity (Wildman–Crippen MR) is 77.0 cm³/mol. The fraction of sp³-hybridized carbons (Fsp3) is 1.00. The number of hydrogen-bond donors (Lipinski definition) is 1. The summed E-state index contributed by atoms with van der Waals surface area (Å²) in [5.41, 5.74) is 0.183. The van der Waals surface area contributed by atoms with E-state index in [9.17, 15) is 5.11 Å². The van der Waals surface area contributed by atoms with Gasteiger partial charge < -0.3 is 9.84 Å². The molecule has 0 aromatic carbocycles. The van der Waals surface area contributed by atoms with E-state index in [-0.39, 0.29) is 11.7 Å². The van der Waals surface area contributed by atoms with E-state index >= 15 is 0 Å². The number of aliphatic hydroxyl groups is 1. The van der Waals surface area contributed by atoms with Crippen molar-refractivity contribution in [2.24, 2.45) is 17.8 Å². The third kappa shape index (κ3) is 2.85. The molecule has 1 heterocycles. The smallest absolute Gasteiger partial charge is 0.0686 e. The molecule has 19 heavy (non-hydrogen) atoms. The summed E-state index contributed by atoms with van der Waals surface area (Å²) in [6, 6.07) is 0. The summed E-state index contributed by atoms with van der Waals surface area (Å²) >= 11 is 0. The first-order valence-electron chi connectivity index (χ1n) is 8.54. The SMILES string of the molecule is CCC1CCCC(C(O)C2CCOC3(CCC3)C2)C1. The molecule has 0 bridgehead atoms. The van der Waals surface area contributed by atoms with E-state index in [1.165, 1.54) is 51.4 Å². The zero-order chi connectivity index (χ0) is 13.3. The van der Waals surface area contributed by atoms with Crippen molar-refractivity contribution >= 4 is 0 Å². The van der Waals surface area contributed by atoms with Gasteiger partial charge in [0.25, 0.3) is 0 Å². The first-order valence-corrected chi connectivity index (χ1v) is 8.54. The third-order valence-electron chi connectivity index (χ3n) is 6.16. The summed E-state index contributed by atoms with van der Waals surface area (Å²) in [6.07, 6.45) is 12.5. The van der Waals surface area contributed by atoms with Crippen molar-refractivity contribution in [3.8, 4) is 0 Å². The zero-order valence-corrected chi connectivity index (χ0v) is 12.4. The second-order valence-corrected chi connectivity index (χ2v) is 7.33. The molecule has 1 N–H and O–H groups in total. The van der Waals surface area contributed by atoms with Crippen LogP contribution in [0.15, 0.2) is 0 Å². The number of hydrogen-bond acceptors (Lipinski definition) is 2. The van der Waals surface area contributed by atoms with Gasteiger partial charge in [0.2, 0.25) is 0 Å². The standard InChI is InChI=1S/C17H30O2/c1-2-13-5-3-6-14(11-13)16(18)15-7-10-19-17(12-15)8-4-9-17/h13-16,18H,2-12H2,1H3. The van der Waals surface area contributed by atoms with Crippen molar-refractivity contribution in [2.45, 2.75) is 82.8 Å². The van der Waals surface area contributed by atoms with Gasteiger partial charge in [-0.1, -0.05) is 26.2 Å². The molecule has 110 valence electrons. The lowest BCUT2D eigenvalue weighted by Gasteiger charge is -2.49. The van der Waals surface area contributed by atoms with E-state index in [1.807, 2.05) is 0 Å². The predicted octanol–water partition coefficient (Wildman–Crippen LogP) is 3.91. The summed E-state index contributed by atoms with van der Waals surface area (Å²) in [7, 11) is 0. The third-order valence-corrected chi connectivity index (χ3v) is 6.16. The molecule has 4 unspecified atom stereocenters. The Morgan fingerprint density at radius 1 is 1.16 bits per heavy atom. The average molecular weight is 266 g/mol. The highest BCUT2D eigenvalue weighted by Gasteiger charge is 2.45. The second kappa shape index (κ2) is 5.73. The first kappa shape index (κ1) is 13.9. The summed E-state index contributed by atoms with van der Waals surface area (Å²) in [4.78, 5) is 0. The minimum Gasteiger partial charge on any atom is -0.393 e. The van der Waals surface area contributed by atoms with Crippen LogP contribution in [0.1, 0.15) is 71.1 Å². The maximum absolute atomic E-state index is 10.8. The molecular formula is C17H30O2. The van der Waals surface area contributed by atoms with Gasteiger partial charge in [-0.15, -0.1) is 0 Å². The van der Waals surface area contributed by atoms with Gasteiger partial charge in [-0.3, -0.25) is 0 Å². The Morgan fingerprint density at radius 3 is 2.68 bits per heavy atom. The van der Waals surface area contributed by atoms with Crippen molar-refractivity contribution in [3.63, 3.8) is 0 Å². The van der Waals surface area contributed by atoms with E-state index in [1.54, 1.807) is 0 Å². The highest BCUT2D eigenvalue weighted by molar-refractivity contribution is 4.96. The molecule has 1 spiro atoms. The molecule has 0 aromatic rings. The number of aliphatic hydroxyl groups excluding tert-OH is 1. The van der Waals surface area contributed by atoms with Gasteiger partial charge >= 0.3 is 0 Å². The Balaban J connectivity index is 1.58. The molecule has 2 heteroatoms. The summed E-state index contributed by atoms with van der Waals surface area (Å²) in [6.45, 7) is 3.18. The van der Waals surface area contributed by atoms with Gasteiger partial charge in [-0.2, -0.15) is 0 Å². The molecular weight excluding hydrogens is 236 g/mol. The lowest BCUT2D eigenvalue weighted by Crippen LogP contribution is -2.49. The molecule has 4 atom stereocenters. The monoisotopic (exact) mass is 266 g/mol. The van der Waals surface area contributed by atoms with Crippen LogP contribution in [-0.2, 0) is 4.74 Å². The number of ether oxygens (including phenoxy) is 1. The van der Waals surface area contributed by atoms with Crippen LogP contribution in [0.5, 0.6) is 0 Å². The molecule has 3 fully saturated rings. The largest absolute Gasteiger partial charge is 0.393 e. The van der Waals surface area contributed by atoms with E-state index in [0.29, 0.717) is 11.8 Å². The van der Waals surface area contributed by atoms with Gasteiger partial charge in [-0.05, 0) is 62.7 Å².